The van der Waals surface area contributed by atoms with Crippen molar-refractivity contribution in [1.29, 1.82) is 0 Å². The van der Waals surface area contributed by atoms with Gasteiger partial charge in [0.25, 0.3) is 5.91 Å². The predicted octanol–water partition coefficient (Wildman–Crippen LogP) is 2.55. The van der Waals surface area contributed by atoms with Gasteiger partial charge in [0.05, 0.1) is 0 Å². The van der Waals surface area contributed by atoms with Gasteiger partial charge in [0.15, 0.2) is 0 Å². The van der Waals surface area contributed by atoms with E-state index in [0.29, 0.717) is 16.7 Å². The SMILES string of the molecule is COCC(=O)Nc1c(C(=O)NC(C)(C)C)oc2ccccc12. The van der Waals surface area contributed by atoms with Gasteiger partial charge < -0.3 is 19.8 Å². The van der Waals surface area contributed by atoms with Crippen LogP contribution in [0.25, 0.3) is 11.0 Å². The van der Waals surface area contributed by atoms with E-state index in [0.717, 1.165) is 0 Å². The van der Waals surface area contributed by atoms with E-state index in [4.69, 9.17) is 9.15 Å². The molecule has 1 aromatic carbocycles. The number of amides is 2. The summed E-state index contributed by atoms with van der Waals surface area (Å²) in [5.41, 5.74) is 0.484. The molecule has 0 aliphatic heterocycles. The van der Waals surface area contributed by atoms with Crippen LogP contribution in [-0.4, -0.2) is 31.1 Å². The van der Waals surface area contributed by atoms with E-state index in [2.05, 4.69) is 10.6 Å². The summed E-state index contributed by atoms with van der Waals surface area (Å²) in [6, 6.07) is 7.15. The summed E-state index contributed by atoms with van der Waals surface area (Å²) in [6.07, 6.45) is 0. The fourth-order valence-corrected chi connectivity index (χ4v) is 2.03. The zero-order chi connectivity index (χ0) is 16.3. The predicted molar refractivity (Wildman–Crippen MR) is 83.9 cm³/mol. The van der Waals surface area contributed by atoms with Crippen molar-refractivity contribution in [2.75, 3.05) is 19.0 Å². The molecule has 2 aromatic rings. The average molecular weight is 304 g/mol. The Morgan fingerprint density at radius 2 is 1.91 bits per heavy atom. The first kappa shape index (κ1) is 16.0. The molecule has 0 saturated carbocycles. The van der Waals surface area contributed by atoms with E-state index in [1.165, 1.54) is 7.11 Å². The zero-order valence-corrected chi connectivity index (χ0v) is 13.1. The van der Waals surface area contributed by atoms with E-state index in [1.807, 2.05) is 26.8 Å². The quantitative estimate of drug-likeness (QED) is 0.909. The highest BCUT2D eigenvalue weighted by Crippen LogP contribution is 2.31. The number of nitrogens with one attached hydrogen (secondary N) is 2. The highest BCUT2D eigenvalue weighted by atomic mass is 16.5. The first-order chi connectivity index (χ1) is 10.3. The van der Waals surface area contributed by atoms with E-state index in [9.17, 15) is 9.59 Å². The standard InChI is InChI=1S/C16H20N2O4/c1-16(2,3)18-15(20)14-13(17-12(19)9-21-4)10-7-5-6-8-11(10)22-14/h5-8H,9H2,1-4H3,(H,17,19)(H,18,20). The van der Waals surface area contributed by atoms with Crippen molar-refractivity contribution in [3.63, 3.8) is 0 Å². The number of hydrogen-bond donors (Lipinski definition) is 2. The topological polar surface area (TPSA) is 80.6 Å². The Morgan fingerprint density at radius 3 is 2.55 bits per heavy atom. The second-order valence-electron chi connectivity index (χ2n) is 5.99. The van der Waals surface area contributed by atoms with Gasteiger partial charge in [-0.25, -0.2) is 0 Å². The van der Waals surface area contributed by atoms with Gasteiger partial charge in [-0.15, -0.1) is 0 Å². The third-order valence-corrected chi connectivity index (χ3v) is 2.83. The van der Waals surface area contributed by atoms with Crippen LogP contribution in [0.5, 0.6) is 0 Å². The fraction of sp³-hybridized carbons (Fsp3) is 0.375. The number of anilines is 1. The Hall–Kier alpha value is -2.34. The number of ether oxygens (including phenoxy) is 1. The van der Waals surface area contributed by atoms with Crippen LogP contribution in [0, 0.1) is 0 Å². The lowest BCUT2D eigenvalue weighted by molar-refractivity contribution is -0.119. The lowest BCUT2D eigenvalue weighted by Gasteiger charge is -2.19. The Balaban J connectivity index is 2.43. The second kappa shape index (κ2) is 6.19. The summed E-state index contributed by atoms with van der Waals surface area (Å²) in [5, 5.41) is 6.18. The summed E-state index contributed by atoms with van der Waals surface area (Å²) in [5.74, 6) is -0.643. The molecule has 0 saturated heterocycles. The third kappa shape index (κ3) is 3.65. The maximum atomic E-state index is 12.4. The molecule has 0 radical (unpaired) electrons. The van der Waals surface area contributed by atoms with Crippen LogP contribution in [0.1, 0.15) is 31.3 Å². The van der Waals surface area contributed by atoms with Gasteiger partial charge in [-0.05, 0) is 32.9 Å². The molecule has 0 atom stereocenters. The monoisotopic (exact) mass is 304 g/mol. The van der Waals surface area contributed by atoms with E-state index in [-0.39, 0.29) is 24.2 Å². The number of carbonyl (C=O) groups is 2. The van der Waals surface area contributed by atoms with Gasteiger partial charge in [-0.3, -0.25) is 9.59 Å². The molecule has 2 N–H and O–H groups in total. The molecule has 2 rings (SSSR count). The number of furan rings is 1. The van der Waals surface area contributed by atoms with Crippen LogP contribution in [-0.2, 0) is 9.53 Å². The molecule has 0 unspecified atom stereocenters. The van der Waals surface area contributed by atoms with E-state index in [1.54, 1.807) is 18.2 Å². The normalized spacial score (nSPS) is 11.5. The average Bonchev–Trinajstić information content (AvgIpc) is 2.76. The first-order valence-corrected chi connectivity index (χ1v) is 6.94. The van der Waals surface area contributed by atoms with Crippen LogP contribution in [0.15, 0.2) is 28.7 Å². The number of hydrogen-bond acceptors (Lipinski definition) is 4. The molecule has 2 amide bonds. The number of benzene rings is 1. The zero-order valence-electron chi connectivity index (χ0n) is 13.1. The molecule has 1 aromatic heterocycles. The van der Waals surface area contributed by atoms with E-state index < -0.39 is 5.54 Å². The molecular formula is C16H20N2O4. The van der Waals surface area contributed by atoms with Crippen molar-refractivity contribution in [3.05, 3.63) is 30.0 Å². The van der Waals surface area contributed by atoms with Crippen molar-refractivity contribution in [1.82, 2.24) is 5.32 Å². The van der Waals surface area contributed by atoms with Gasteiger partial charge >= 0.3 is 0 Å². The minimum atomic E-state index is -0.413. The Morgan fingerprint density at radius 1 is 1.23 bits per heavy atom. The summed E-state index contributed by atoms with van der Waals surface area (Å²) >= 11 is 0. The van der Waals surface area contributed by atoms with Gasteiger partial charge in [0, 0.05) is 18.0 Å². The van der Waals surface area contributed by atoms with Crippen molar-refractivity contribution >= 4 is 28.5 Å². The summed E-state index contributed by atoms with van der Waals surface area (Å²) < 4.78 is 10.4. The largest absolute Gasteiger partial charge is 0.449 e. The third-order valence-electron chi connectivity index (χ3n) is 2.83. The number of fused-ring (bicyclic) bond motifs is 1. The number of carbonyl (C=O) groups excluding carboxylic acids is 2. The Kier molecular flexibility index (Phi) is 4.51. The lowest BCUT2D eigenvalue weighted by Crippen LogP contribution is -2.40. The molecule has 0 spiro atoms. The van der Waals surface area contributed by atoms with Crippen molar-refractivity contribution in [2.45, 2.75) is 26.3 Å². The minimum absolute atomic E-state index is 0.0839. The molecular weight excluding hydrogens is 284 g/mol. The summed E-state index contributed by atoms with van der Waals surface area (Å²) in [4.78, 5) is 24.2. The van der Waals surface area contributed by atoms with Gasteiger partial charge in [0.1, 0.15) is 17.9 Å². The van der Waals surface area contributed by atoms with Crippen LogP contribution >= 0.6 is 0 Å². The highest BCUT2D eigenvalue weighted by molar-refractivity contribution is 6.11. The molecule has 1 heterocycles. The Labute approximate surface area is 128 Å². The lowest BCUT2D eigenvalue weighted by atomic mass is 10.1. The van der Waals surface area contributed by atoms with Crippen LogP contribution in [0.3, 0.4) is 0 Å². The minimum Gasteiger partial charge on any atom is -0.449 e. The number of methoxy groups -OCH3 is 1. The van der Waals surface area contributed by atoms with Gasteiger partial charge in [-0.2, -0.15) is 0 Å². The van der Waals surface area contributed by atoms with Crippen molar-refractivity contribution in [2.24, 2.45) is 0 Å². The number of rotatable bonds is 4. The van der Waals surface area contributed by atoms with Gasteiger partial charge in [0.2, 0.25) is 11.7 Å². The first-order valence-electron chi connectivity index (χ1n) is 6.94. The fourth-order valence-electron chi connectivity index (χ4n) is 2.03. The molecule has 0 fully saturated rings. The molecule has 0 aliphatic rings. The molecule has 22 heavy (non-hydrogen) atoms. The summed E-state index contributed by atoms with van der Waals surface area (Å²) in [6.45, 7) is 5.52. The smallest absolute Gasteiger partial charge is 0.289 e. The highest BCUT2D eigenvalue weighted by Gasteiger charge is 2.25. The number of para-hydroxylation sites is 1. The van der Waals surface area contributed by atoms with Crippen LogP contribution < -0.4 is 10.6 Å². The molecule has 0 aliphatic carbocycles. The van der Waals surface area contributed by atoms with E-state index >= 15 is 0 Å². The maximum Gasteiger partial charge on any atom is 0.289 e. The maximum absolute atomic E-state index is 12.4. The molecule has 6 heteroatoms. The Bertz CT molecular complexity index is 698. The van der Waals surface area contributed by atoms with Gasteiger partial charge in [-0.1, -0.05) is 12.1 Å². The molecule has 118 valence electrons. The molecule has 6 nitrogen and oxygen atoms in total. The summed E-state index contributed by atoms with van der Waals surface area (Å²) in [7, 11) is 1.43. The van der Waals surface area contributed by atoms with Crippen molar-refractivity contribution in [3.8, 4) is 0 Å². The van der Waals surface area contributed by atoms with Crippen molar-refractivity contribution < 1.29 is 18.7 Å². The van der Waals surface area contributed by atoms with Crippen LogP contribution in [0.4, 0.5) is 5.69 Å². The second-order valence-corrected chi connectivity index (χ2v) is 5.99. The molecule has 0 bridgehead atoms. The van der Waals surface area contributed by atoms with Crippen LogP contribution in [0.2, 0.25) is 0 Å².